The van der Waals surface area contributed by atoms with Gasteiger partial charge in [0.25, 0.3) is 5.91 Å². The molecule has 3 aromatic rings. The summed E-state index contributed by atoms with van der Waals surface area (Å²) in [6.45, 7) is 16.3. The van der Waals surface area contributed by atoms with Gasteiger partial charge in [0, 0.05) is 44.2 Å². The van der Waals surface area contributed by atoms with Crippen molar-refractivity contribution in [3.05, 3.63) is 77.8 Å². The first kappa shape index (κ1) is 44.3. The molecule has 0 saturated carbocycles. The lowest BCUT2D eigenvalue weighted by atomic mass is 9.79. The molecule has 306 valence electrons. The van der Waals surface area contributed by atoms with Crippen LogP contribution in [-0.2, 0) is 37.0 Å². The Morgan fingerprint density at radius 1 is 1.05 bits per heavy atom. The van der Waals surface area contributed by atoms with Crippen molar-refractivity contribution in [1.82, 2.24) is 19.4 Å². The van der Waals surface area contributed by atoms with E-state index in [4.69, 9.17) is 14.5 Å². The van der Waals surface area contributed by atoms with E-state index in [1.807, 2.05) is 44.2 Å². The Balaban J connectivity index is 1.95. The van der Waals surface area contributed by atoms with Crippen molar-refractivity contribution >= 4 is 35.5 Å². The van der Waals surface area contributed by atoms with Gasteiger partial charge in [0.1, 0.15) is 45.3 Å². The van der Waals surface area contributed by atoms with Crippen LogP contribution in [0.3, 0.4) is 0 Å². The fourth-order valence-corrected chi connectivity index (χ4v) is 7.01. The third kappa shape index (κ3) is 11.6. The first-order valence-electron chi connectivity index (χ1n) is 18.6. The normalized spacial score (nSPS) is 18.1. The van der Waals surface area contributed by atoms with Crippen molar-refractivity contribution < 1.29 is 41.6 Å². The molecular weight excluding hydrogens is 748 g/mol. The van der Waals surface area contributed by atoms with Crippen LogP contribution in [0, 0.1) is 23.0 Å². The number of rotatable bonds is 13. The largest absolute Gasteiger partial charge is 0.591 e. The molecule has 1 saturated heterocycles. The zero-order chi connectivity index (χ0) is 41.7. The van der Waals surface area contributed by atoms with E-state index in [9.17, 15) is 23.3 Å². The summed E-state index contributed by atoms with van der Waals surface area (Å²) in [6.07, 6.45) is -0.381. The van der Waals surface area contributed by atoms with Crippen molar-refractivity contribution in [3.8, 4) is 11.3 Å². The Morgan fingerprint density at radius 3 is 2.32 bits per heavy atom. The van der Waals surface area contributed by atoms with Gasteiger partial charge in [-0.2, -0.15) is 0 Å². The number of benzene rings is 2. The van der Waals surface area contributed by atoms with Gasteiger partial charge in [0.2, 0.25) is 0 Å². The van der Waals surface area contributed by atoms with Crippen LogP contribution in [-0.4, -0.2) is 90.3 Å². The molecule has 0 N–H and O–H groups in total. The van der Waals surface area contributed by atoms with E-state index < -0.39 is 81.0 Å². The number of hydrogen-bond donors (Lipinski definition) is 0. The fourth-order valence-electron chi connectivity index (χ4n) is 6.49. The van der Waals surface area contributed by atoms with E-state index in [0.717, 1.165) is 23.8 Å². The highest BCUT2D eigenvalue weighted by Crippen LogP contribution is 2.43. The van der Waals surface area contributed by atoms with Crippen LogP contribution >= 0.6 is 0 Å². The number of likely N-dealkylation sites (tertiary alicyclic amines) is 1. The summed E-state index contributed by atoms with van der Waals surface area (Å²) in [6, 6.07) is 11.3. The fraction of sp³-hybridized carbons (Fsp3) is 0.537. The number of amides is 2. The van der Waals surface area contributed by atoms with Crippen LogP contribution in [0.2, 0.25) is 0 Å². The van der Waals surface area contributed by atoms with Gasteiger partial charge >= 0.3 is 12.1 Å². The molecule has 56 heavy (non-hydrogen) atoms. The molecule has 1 unspecified atom stereocenters. The van der Waals surface area contributed by atoms with E-state index in [1.54, 1.807) is 52.3 Å². The van der Waals surface area contributed by atoms with Gasteiger partial charge < -0.3 is 28.4 Å². The molecule has 5 atom stereocenters. The molecule has 0 aliphatic carbocycles. The van der Waals surface area contributed by atoms with Crippen molar-refractivity contribution in [1.29, 1.82) is 0 Å². The van der Waals surface area contributed by atoms with Crippen LogP contribution in [0.4, 0.5) is 18.0 Å². The van der Waals surface area contributed by atoms with Crippen LogP contribution in [0.5, 0.6) is 0 Å². The van der Waals surface area contributed by atoms with E-state index in [1.165, 1.54) is 29.9 Å². The molecule has 15 heteroatoms. The first-order valence-corrected chi connectivity index (χ1v) is 19.7. The van der Waals surface area contributed by atoms with Gasteiger partial charge in [-0.15, -0.1) is 0 Å². The average molecular weight is 802 g/mol. The molecule has 1 aliphatic rings. The van der Waals surface area contributed by atoms with Crippen molar-refractivity contribution in [2.24, 2.45) is 15.7 Å². The second kappa shape index (κ2) is 17.8. The zero-order valence-corrected chi connectivity index (χ0v) is 34.7. The predicted molar refractivity (Wildman–Crippen MR) is 210 cm³/mol. The Bertz CT molecular complexity index is 1880. The Morgan fingerprint density at radius 2 is 1.71 bits per heavy atom. The van der Waals surface area contributed by atoms with Crippen LogP contribution < -0.4 is 0 Å². The quantitative estimate of drug-likeness (QED) is 0.0978. The summed E-state index contributed by atoms with van der Waals surface area (Å²) in [4.78, 5) is 47.5. The number of hydrogen-bond acceptors (Lipinski definition) is 8. The lowest BCUT2D eigenvalue weighted by molar-refractivity contribution is -0.161. The topological polar surface area (TPSA) is 129 Å². The number of halogens is 3. The highest BCUT2D eigenvalue weighted by atomic mass is 32.2. The predicted octanol–water partition coefficient (Wildman–Crippen LogP) is 7.85. The van der Waals surface area contributed by atoms with Crippen LogP contribution in [0.1, 0.15) is 93.1 Å². The molecule has 2 aromatic carbocycles. The summed E-state index contributed by atoms with van der Waals surface area (Å²) in [7, 11) is 0. The second-order valence-corrected chi connectivity index (χ2v) is 18.8. The molecule has 1 aliphatic heterocycles. The van der Waals surface area contributed by atoms with Crippen LogP contribution in [0.25, 0.3) is 11.3 Å². The van der Waals surface area contributed by atoms with E-state index >= 15 is 8.78 Å². The van der Waals surface area contributed by atoms with Crippen molar-refractivity contribution in [3.63, 3.8) is 0 Å². The SMILES string of the molecule is CC(=O)O[C@@H](C)C(=O)N(C[C@@H]1CN(C(=O)OC(C)(C)C)C[C@@H]1F)[C@@H](c1nc(-c2cc(F)ccc2F)cn1Cc1ccccc1)C(C)(C)C/C=N/[S+]([O-])C(C)(C)C. The summed E-state index contributed by atoms with van der Waals surface area (Å²) in [5.41, 5.74) is -1.07. The maximum atomic E-state index is 16.1. The summed E-state index contributed by atoms with van der Waals surface area (Å²) in [5, 5.41) is 0. The molecule has 0 radical (unpaired) electrons. The Labute approximate surface area is 331 Å². The molecule has 4 rings (SSSR count). The minimum absolute atomic E-state index is 0.0806. The number of carbonyl (C=O) groups is 3. The molecular formula is C41H54F3N5O6S. The molecule has 11 nitrogen and oxygen atoms in total. The minimum atomic E-state index is -1.61. The average Bonchev–Trinajstić information content (AvgIpc) is 3.66. The van der Waals surface area contributed by atoms with E-state index in [2.05, 4.69) is 4.40 Å². The third-order valence-electron chi connectivity index (χ3n) is 9.23. The highest BCUT2D eigenvalue weighted by molar-refractivity contribution is 7.91. The molecule has 2 heterocycles. The smallest absolute Gasteiger partial charge is 0.410 e. The number of nitrogens with zero attached hydrogens (tertiary/aromatic N) is 5. The minimum Gasteiger partial charge on any atom is -0.591 e. The third-order valence-corrected chi connectivity index (χ3v) is 10.6. The number of esters is 1. The number of ether oxygens (including phenoxy) is 2. The maximum absolute atomic E-state index is 16.1. The number of aromatic nitrogens is 2. The monoisotopic (exact) mass is 801 g/mol. The standard InChI is InChI=1S/C41H54F3N5O6S/c1-26(54-27(2)50)37(51)49(23-29-22-48(24-33(29)44)38(52)55-39(3,4)5)35(41(9,10)18-19-45-56(53)40(6,7)8)36-46-34(31-20-30(42)16-17-32(31)43)25-47(36)21-28-14-12-11-13-15-28/h11-17,19-20,25-26,29,33,35H,18,21-24H2,1-10H3/b45-19+/t26-,29-,33-,35-,56?/m0/s1. The molecule has 1 aromatic heterocycles. The molecule has 0 bridgehead atoms. The Hall–Kier alpha value is -4.37. The number of carbonyl (C=O) groups excluding carboxylic acids is 3. The van der Waals surface area contributed by atoms with Gasteiger partial charge in [0.15, 0.2) is 6.10 Å². The molecule has 1 fully saturated rings. The van der Waals surface area contributed by atoms with Gasteiger partial charge in [-0.25, -0.2) is 22.9 Å². The highest BCUT2D eigenvalue weighted by Gasteiger charge is 2.46. The van der Waals surface area contributed by atoms with E-state index in [0.29, 0.717) is 0 Å². The summed E-state index contributed by atoms with van der Waals surface area (Å²) < 4.78 is 75.3. The van der Waals surface area contributed by atoms with Crippen molar-refractivity contribution in [2.75, 3.05) is 19.6 Å². The Kier molecular flexibility index (Phi) is 14.1. The van der Waals surface area contributed by atoms with Gasteiger partial charge in [-0.1, -0.05) is 48.6 Å². The van der Waals surface area contributed by atoms with Crippen LogP contribution in [0.15, 0.2) is 59.1 Å². The number of alkyl halides is 1. The van der Waals surface area contributed by atoms with Crippen molar-refractivity contribution in [2.45, 2.75) is 111 Å². The molecule has 0 spiro atoms. The number of imidazole rings is 1. The summed E-state index contributed by atoms with van der Waals surface area (Å²) >= 11 is -1.61. The lowest BCUT2D eigenvalue weighted by Gasteiger charge is -2.43. The first-order chi connectivity index (χ1) is 26.0. The van der Waals surface area contributed by atoms with Gasteiger partial charge in [-0.05, 0) is 84.1 Å². The lowest BCUT2D eigenvalue weighted by Crippen LogP contribution is -2.50. The van der Waals surface area contributed by atoms with E-state index in [-0.39, 0.29) is 49.7 Å². The van der Waals surface area contributed by atoms with Gasteiger partial charge in [0.05, 0.1) is 24.5 Å². The zero-order valence-electron chi connectivity index (χ0n) is 33.8. The maximum Gasteiger partial charge on any atom is 0.410 e. The molecule has 2 amide bonds. The van der Waals surface area contributed by atoms with Gasteiger partial charge in [-0.3, -0.25) is 9.59 Å². The summed E-state index contributed by atoms with van der Waals surface area (Å²) in [5.74, 6) is -3.47. The second-order valence-electron chi connectivity index (χ2n) is 16.9.